The van der Waals surface area contributed by atoms with Crippen LogP contribution in [0.4, 0.5) is 0 Å². The Morgan fingerprint density at radius 3 is 2.17 bits per heavy atom. The predicted molar refractivity (Wildman–Crippen MR) is 124 cm³/mol. The summed E-state index contributed by atoms with van der Waals surface area (Å²) in [5, 5.41) is 1.18. The standard InChI is InChI=1S/C25H38N4O/c1-19(2)26-10-7-21(8-11-26)18-29-12-9-22-17-23(5-6-24(22)29)25(30)28-15-13-27(14-16-28)20(3)4/h5-6,9,12,17,19-21H,7-8,10-11,13-16,18H2,1-4H3. The number of fused-ring (bicyclic) bond motifs is 1. The molecule has 0 unspecified atom stereocenters. The number of piperidine rings is 1. The molecule has 5 nitrogen and oxygen atoms in total. The minimum Gasteiger partial charge on any atom is -0.347 e. The zero-order valence-electron chi connectivity index (χ0n) is 19.2. The molecule has 2 aliphatic heterocycles. The van der Waals surface area contributed by atoms with Crippen molar-refractivity contribution in [1.82, 2.24) is 19.3 Å². The molecule has 5 heteroatoms. The van der Waals surface area contributed by atoms with E-state index < -0.39 is 0 Å². The molecule has 2 saturated heterocycles. The first-order chi connectivity index (χ1) is 14.4. The smallest absolute Gasteiger partial charge is 0.253 e. The molecule has 164 valence electrons. The predicted octanol–water partition coefficient (Wildman–Crippen LogP) is 3.93. The topological polar surface area (TPSA) is 31.7 Å². The van der Waals surface area contributed by atoms with Gasteiger partial charge in [0, 0.05) is 67.5 Å². The number of nitrogens with zero attached hydrogens (tertiary/aromatic N) is 4. The van der Waals surface area contributed by atoms with Gasteiger partial charge >= 0.3 is 0 Å². The van der Waals surface area contributed by atoms with Crippen LogP contribution >= 0.6 is 0 Å². The average Bonchev–Trinajstić information content (AvgIpc) is 3.15. The normalized spacial score (nSPS) is 20.0. The molecule has 3 heterocycles. The summed E-state index contributed by atoms with van der Waals surface area (Å²) in [5.41, 5.74) is 2.07. The number of rotatable bonds is 5. The van der Waals surface area contributed by atoms with Crippen LogP contribution in [-0.2, 0) is 6.54 Å². The lowest BCUT2D eigenvalue weighted by atomic mass is 9.96. The van der Waals surface area contributed by atoms with Gasteiger partial charge in [-0.05, 0) is 83.8 Å². The lowest BCUT2D eigenvalue weighted by Gasteiger charge is -2.37. The Morgan fingerprint density at radius 2 is 1.53 bits per heavy atom. The second-order valence-corrected chi connectivity index (χ2v) is 9.74. The highest BCUT2D eigenvalue weighted by Crippen LogP contribution is 2.25. The van der Waals surface area contributed by atoms with E-state index in [9.17, 15) is 4.79 Å². The second kappa shape index (κ2) is 9.11. The molecule has 1 aromatic heterocycles. The van der Waals surface area contributed by atoms with E-state index in [1.807, 2.05) is 11.0 Å². The molecule has 30 heavy (non-hydrogen) atoms. The number of carbonyl (C=O) groups is 1. The molecular formula is C25H38N4O. The van der Waals surface area contributed by atoms with Crippen LogP contribution in [0.15, 0.2) is 30.5 Å². The van der Waals surface area contributed by atoms with Crippen LogP contribution in [0.25, 0.3) is 10.9 Å². The van der Waals surface area contributed by atoms with Gasteiger partial charge in [-0.15, -0.1) is 0 Å². The third-order valence-electron chi connectivity index (χ3n) is 7.18. The summed E-state index contributed by atoms with van der Waals surface area (Å²) in [6.07, 6.45) is 4.75. The molecule has 4 rings (SSSR count). The van der Waals surface area contributed by atoms with Crippen molar-refractivity contribution < 1.29 is 4.79 Å². The van der Waals surface area contributed by atoms with Crippen molar-refractivity contribution in [3.8, 4) is 0 Å². The van der Waals surface area contributed by atoms with Gasteiger partial charge in [0.2, 0.25) is 0 Å². The van der Waals surface area contributed by atoms with Crippen LogP contribution in [0.3, 0.4) is 0 Å². The Bertz CT molecular complexity index is 855. The summed E-state index contributed by atoms with van der Waals surface area (Å²) in [6.45, 7) is 16.1. The Balaban J connectivity index is 1.40. The minimum absolute atomic E-state index is 0.175. The van der Waals surface area contributed by atoms with E-state index in [2.05, 4.69) is 66.5 Å². The molecule has 1 aromatic carbocycles. The van der Waals surface area contributed by atoms with E-state index in [0.29, 0.717) is 12.1 Å². The van der Waals surface area contributed by atoms with Crippen molar-refractivity contribution in [3.05, 3.63) is 36.0 Å². The molecule has 2 aromatic rings. The quantitative estimate of drug-likeness (QED) is 0.749. The van der Waals surface area contributed by atoms with Crippen molar-refractivity contribution in [2.24, 2.45) is 5.92 Å². The zero-order chi connectivity index (χ0) is 21.3. The SMILES string of the molecule is CC(C)N1CCC(Cn2ccc3cc(C(=O)N4CCN(C(C)C)CC4)ccc32)CC1. The zero-order valence-corrected chi connectivity index (χ0v) is 19.2. The fourth-order valence-corrected chi connectivity index (χ4v) is 5.05. The number of hydrogen-bond donors (Lipinski definition) is 0. The van der Waals surface area contributed by atoms with Gasteiger partial charge in [-0.3, -0.25) is 9.69 Å². The molecule has 2 fully saturated rings. The molecule has 1 amide bonds. The molecule has 0 atom stereocenters. The Labute approximate surface area is 181 Å². The summed E-state index contributed by atoms with van der Waals surface area (Å²) in [5.74, 6) is 0.920. The van der Waals surface area contributed by atoms with Gasteiger partial charge < -0.3 is 14.4 Å². The fourth-order valence-electron chi connectivity index (χ4n) is 5.05. The van der Waals surface area contributed by atoms with E-state index in [1.165, 1.54) is 36.8 Å². The molecule has 0 aliphatic carbocycles. The van der Waals surface area contributed by atoms with Crippen LogP contribution in [0, 0.1) is 5.92 Å². The number of amides is 1. The highest BCUT2D eigenvalue weighted by Gasteiger charge is 2.24. The van der Waals surface area contributed by atoms with Gasteiger partial charge in [-0.25, -0.2) is 0 Å². The molecule has 0 bridgehead atoms. The van der Waals surface area contributed by atoms with Gasteiger partial charge in [-0.1, -0.05) is 0 Å². The Morgan fingerprint density at radius 1 is 0.900 bits per heavy atom. The summed E-state index contributed by atoms with van der Waals surface area (Å²) < 4.78 is 2.39. The monoisotopic (exact) mass is 410 g/mol. The van der Waals surface area contributed by atoms with Gasteiger partial charge in [0.25, 0.3) is 5.91 Å². The van der Waals surface area contributed by atoms with Crippen LogP contribution in [0.2, 0.25) is 0 Å². The van der Waals surface area contributed by atoms with E-state index in [4.69, 9.17) is 0 Å². The van der Waals surface area contributed by atoms with Crippen molar-refractivity contribution in [1.29, 1.82) is 0 Å². The third-order valence-corrected chi connectivity index (χ3v) is 7.18. The van der Waals surface area contributed by atoms with Gasteiger partial charge in [0.05, 0.1) is 0 Å². The van der Waals surface area contributed by atoms with Crippen LogP contribution in [-0.4, -0.2) is 76.5 Å². The highest BCUT2D eigenvalue weighted by atomic mass is 16.2. The van der Waals surface area contributed by atoms with Gasteiger partial charge in [-0.2, -0.15) is 0 Å². The lowest BCUT2D eigenvalue weighted by molar-refractivity contribution is 0.0595. The fraction of sp³-hybridized carbons (Fsp3) is 0.640. The highest BCUT2D eigenvalue weighted by molar-refractivity contribution is 5.98. The van der Waals surface area contributed by atoms with E-state index in [1.54, 1.807) is 0 Å². The van der Waals surface area contributed by atoms with Crippen molar-refractivity contribution in [2.75, 3.05) is 39.3 Å². The first-order valence-corrected chi connectivity index (χ1v) is 11.8. The van der Waals surface area contributed by atoms with Crippen molar-refractivity contribution >= 4 is 16.8 Å². The minimum atomic E-state index is 0.175. The number of benzene rings is 1. The number of hydrogen-bond acceptors (Lipinski definition) is 3. The Hall–Kier alpha value is -1.85. The maximum atomic E-state index is 13.0. The Kier molecular flexibility index (Phi) is 6.49. The summed E-state index contributed by atoms with van der Waals surface area (Å²) in [6, 6.07) is 9.64. The maximum absolute atomic E-state index is 13.0. The number of aromatic nitrogens is 1. The third kappa shape index (κ3) is 4.57. The summed E-state index contributed by atoms with van der Waals surface area (Å²) >= 11 is 0. The molecule has 0 saturated carbocycles. The van der Waals surface area contributed by atoms with Crippen molar-refractivity contribution in [2.45, 2.75) is 59.2 Å². The van der Waals surface area contributed by atoms with Crippen LogP contribution < -0.4 is 0 Å². The lowest BCUT2D eigenvalue weighted by Crippen LogP contribution is -2.50. The maximum Gasteiger partial charge on any atom is 0.253 e. The molecular weight excluding hydrogens is 372 g/mol. The van der Waals surface area contributed by atoms with Crippen molar-refractivity contribution in [3.63, 3.8) is 0 Å². The summed E-state index contributed by atoms with van der Waals surface area (Å²) in [7, 11) is 0. The number of piperazine rings is 1. The molecule has 0 spiro atoms. The second-order valence-electron chi connectivity index (χ2n) is 9.74. The van der Waals surface area contributed by atoms with E-state index >= 15 is 0 Å². The average molecular weight is 411 g/mol. The first kappa shape index (κ1) is 21.4. The van der Waals surface area contributed by atoms with Crippen LogP contribution in [0.1, 0.15) is 50.9 Å². The molecule has 0 radical (unpaired) electrons. The number of likely N-dealkylation sites (tertiary alicyclic amines) is 1. The van der Waals surface area contributed by atoms with Gasteiger partial charge in [0.1, 0.15) is 0 Å². The summed E-state index contributed by atoms with van der Waals surface area (Å²) in [4.78, 5) is 20.1. The largest absolute Gasteiger partial charge is 0.347 e. The van der Waals surface area contributed by atoms with Crippen LogP contribution in [0.5, 0.6) is 0 Å². The molecule has 0 N–H and O–H groups in total. The first-order valence-electron chi connectivity index (χ1n) is 11.8. The van der Waals surface area contributed by atoms with E-state index in [-0.39, 0.29) is 5.91 Å². The van der Waals surface area contributed by atoms with Gasteiger partial charge in [0.15, 0.2) is 0 Å². The molecule has 2 aliphatic rings. The number of carbonyl (C=O) groups excluding carboxylic acids is 1. The van der Waals surface area contributed by atoms with E-state index in [0.717, 1.165) is 44.2 Å².